The van der Waals surface area contributed by atoms with Gasteiger partial charge in [-0.1, -0.05) is 6.92 Å². The van der Waals surface area contributed by atoms with Crippen molar-refractivity contribution in [2.75, 3.05) is 6.61 Å². The molecule has 0 unspecified atom stereocenters. The molecule has 0 amide bonds. The molecule has 0 bridgehead atoms. The molecular weight excluding hydrogens is 156 g/mol. The standard InChI is InChI=1S/C8H14N2O2/c1-3-4-12-8(11)7(10)6(2)5-9/h5,9H,3-4,10H2,1-2H3/b7-6-,9-5?. The minimum atomic E-state index is -0.544. The summed E-state index contributed by atoms with van der Waals surface area (Å²) in [5.41, 5.74) is 5.81. The third kappa shape index (κ3) is 3.18. The zero-order valence-electron chi connectivity index (χ0n) is 7.39. The highest BCUT2D eigenvalue weighted by Crippen LogP contribution is 1.97. The van der Waals surface area contributed by atoms with Gasteiger partial charge in [-0.2, -0.15) is 0 Å². The quantitative estimate of drug-likeness (QED) is 0.372. The van der Waals surface area contributed by atoms with Gasteiger partial charge in [0.15, 0.2) is 0 Å². The van der Waals surface area contributed by atoms with Crippen molar-refractivity contribution in [2.24, 2.45) is 5.73 Å². The van der Waals surface area contributed by atoms with Crippen molar-refractivity contribution in [3.05, 3.63) is 11.3 Å². The van der Waals surface area contributed by atoms with E-state index in [0.717, 1.165) is 12.6 Å². The molecule has 0 saturated carbocycles. The smallest absolute Gasteiger partial charge is 0.354 e. The second-order valence-electron chi connectivity index (χ2n) is 2.38. The van der Waals surface area contributed by atoms with Gasteiger partial charge >= 0.3 is 5.97 Å². The molecule has 0 aromatic heterocycles. The Kier molecular flexibility index (Phi) is 4.76. The number of rotatable bonds is 4. The van der Waals surface area contributed by atoms with Crippen molar-refractivity contribution < 1.29 is 9.53 Å². The SMILES string of the molecule is CCCOC(=O)/C(N)=C(\C)C=N. The average Bonchev–Trinajstić information content (AvgIpc) is 2.11. The molecule has 0 aliphatic heterocycles. The Balaban J connectivity index is 4.18. The molecule has 12 heavy (non-hydrogen) atoms. The predicted octanol–water partition coefficient (Wildman–Crippen LogP) is 0.822. The van der Waals surface area contributed by atoms with Crippen molar-refractivity contribution in [2.45, 2.75) is 20.3 Å². The van der Waals surface area contributed by atoms with Gasteiger partial charge in [-0.3, -0.25) is 0 Å². The summed E-state index contributed by atoms with van der Waals surface area (Å²) in [5.74, 6) is -0.544. The van der Waals surface area contributed by atoms with Crippen LogP contribution in [0.25, 0.3) is 0 Å². The van der Waals surface area contributed by atoms with Gasteiger partial charge in [0, 0.05) is 6.21 Å². The summed E-state index contributed by atoms with van der Waals surface area (Å²) in [4.78, 5) is 11.0. The highest BCUT2D eigenvalue weighted by Gasteiger charge is 2.07. The minimum Gasteiger partial charge on any atom is -0.461 e. The molecule has 0 spiro atoms. The molecule has 0 aliphatic carbocycles. The maximum absolute atomic E-state index is 11.0. The molecule has 68 valence electrons. The van der Waals surface area contributed by atoms with E-state index in [1.54, 1.807) is 6.92 Å². The van der Waals surface area contributed by atoms with Crippen molar-refractivity contribution >= 4 is 12.2 Å². The maximum Gasteiger partial charge on any atom is 0.354 e. The molecule has 0 radical (unpaired) electrons. The minimum absolute atomic E-state index is 0.0125. The van der Waals surface area contributed by atoms with Gasteiger partial charge < -0.3 is 15.9 Å². The molecule has 0 aromatic carbocycles. The second kappa shape index (κ2) is 5.35. The lowest BCUT2D eigenvalue weighted by Gasteiger charge is -2.03. The highest BCUT2D eigenvalue weighted by atomic mass is 16.5. The van der Waals surface area contributed by atoms with Crippen LogP contribution in [0.4, 0.5) is 0 Å². The van der Waals surface area contributed by atoms with E-state index in [2.05, 4.69) is 0 Å². The first kappa shape index (κ1) is 10.7. The molecule has 4 heteroatoms. The molecule has 0 fully saturated rings. The fourth-order valence-corrected chi connectivity index (χ4v) is 0.511. The summed E-state index contributed by atoms with van der Waals surface area (Å²) >= 11 is 0. The number of nitrogens with two attached hydrogens (primary N) is 1. The molecule has 0 rings (SSSR count). The van der Waals surface area contributed by atoms with Gasteiger partial charge in [-0.25, -0.2) is 4.79 Å². The van der Waals surface area contributed by atoms with Crippen LogP contribution in [-0.2, 0) is 9.53 Å². The van der Waals surface area contributed by atoms with E-state index >= 15 is 0 Å². The van der Waals surface area contributed by atoms with E-state index in [9.17, 15) is 4.79 Å². The molecule has 0 saturated heterocycles. The van der Waals surface area contributed by atoms with Crippen LogP contribution in [0, 0.1) is 5.41 Å². The monoisotopic (exact) mass is 170 g/mol. The average molecular weight is 170 g/mol. The molecule has 0 heterocycles. The summed E-state index contributed by atoms with van der Waals surface area (Å²) in [5, 5.41) is 6.84. The Labute approximate surface area is 71.9 Å². The predicted molar refractivity (Wildman–Crippen MR) is 46.9 cm³/mol. The van der Waals surface area contributed by atoms with Crippen LogP contribution in [0.2, 0.25) is 0 Å². The normalized spacial score (nSPS) is 11.8. The number of allylic oxidation sites excluding steroid dienone is 1. The summed E-state index contributed by atoms with van der Waals surface area (Å²) in [6.07, 6.45) is 1.80. The molecule has 4 nitrogen and oxygen atoms in total. The van der Waals surface area contributed by atoms with Crippen LogP contribution >= 0.6 is 0 Å². The molecule has 0 atom stereocenters. The van der Waals surface area contributed by atoms with E-state index in [1.165, 1.54) is 0 Å². The van der Waals surface area contributed by atoms with Crippen molar-refractivity contribution in [3.63, 3.8) is 0 Å². The van der Waals surface area contributed by atoms with Crippen LogP contribution in [-0.4, -0.2) is 18.8 Å². The zero-order valence-corrected chi connectivity index (χ0v) is 7.39. The molecule has 0 aliphatic rings. The summed E-state index contributed by atoms with van der Waals surface area (Å²) in [6, 6.07) is 0. The first-order valence-electron chi connectivity index (χ1n) is 3.77. The van der Waals surface area contributed by atoms with Crippen molar-refractivity contribution in [1.29, 1.82) is 5.41 Å². The fraction of sp³-hybridized carbons (Fsp3) is 0.500. The number of hydrogen-bond donors (Lipinski definition) is 2. The maximum atomic E-state index is 11.0. The zero-order chi connectivity index (χ0) is 9.56. The number of carbonyl (C=O) groups excluding carboxylic acids is 1. The number of carbonyl (C=O) groups is 1. The lowest BCUT2D eigenvalue weighted by molar-refractivity contribution is -0.139. The van der Waals surface area contributed by atoms with E-state index in [4.69, 9.17) is 15.9 Å². The van der Waals surface area contributed by atoms with Crippen LogP contribution < -0.4 is 5.73 Å². The van der Waals surface area contributed by atoms with Gasteiger partial charge in [0.05, 0.1) is 6.61 Å². The number of ether oxygens (including phenoxy) is 1. The Morgan fingerprint density at radius 1 is 1.67 bits per heavy atom. The first-order chi connectivity index (χ1) is 5.63. The summed E-state index contributed by atoms with van der Waals surface area (Å²) in [6.45, 7) is 3.86. The van der Waals surface area contributed by atoms with Gasteiger partial charge in [0.2, 0.25) is 0 Å². The largest absolute Gasteiger partial charge is 0.461 e. The Bertz CT molecular complexity index is 209. The van der Waals surface area contributed by atoms with Crippen LogP contribution in [0.3, 0.4) is 0 Å². The topological polar surface area (TPSA) is 76.2 Å². The lowest BCUT2D eigenvalue weighted by Crippen LogP contribution is -2.17. The van der Waals surface area contributed by atoms with Gasteiger partial charge in [0.1, 0.15) is 5.70 Å². The van der Waals surface area contributed by atoms with E-state index in [0.29, 0.717) is 12.2 Å². The van der Waals surface area contributed by atoms with Crippen LogP contribution in [0.1, 0.15) is 20.3 Å². The molecular formula is C8H14N2O2. The number of nitrogens with one attached hydrogen (secondary N) is 1. The van der Waals surface area contributed by atoms with Crippen LogP contribution in [0.15, 0.2) is 11.3 Å². The van der Waals surface area contributed by atoms with Crippen molar-refractivity contribution in [1.82, 2.24) is 0 Å². The number of hydrogen-bond acceptors (Lipinski definition) is 4. The third-order valence-electron chi connectivity index (χ3n) is 1.30. The Morgan fingerprint density at radius 2 is 2.25 bits per heavy atom. The van der Waals surface area contributed by atoms with Crippen molar-refractivity contribution in [3.8, 4) is 0 Å². The van der Waals surface area contributed by atoms with Gasteiger partial charge in [0.25, 0.3) is 0 Å². The molecule has 0 aromatic rings. The fourth-order valence-electron chi connectivity index (χ4n) is 0.511. The summed E-state index contributed by atoms with van der Waals surface area (Å²) < 4.78 is 4.75. The highest BCUT2D eigenvalue weighted by molar-refractivity contribution is 5.94. The Morgan fingerprint density at radius 3 is 2.67 bits per heavy atom. The van der Waals surface area contributed by atoms with E-state index < -0.39 is 5.97 Å². The van der Waals surface area contributed by atoms with E-state index in [1.807, 2.05) is 6.92 Å². The molecule has 3 N–H and O–H groups in total. The third-order valence-corrected chi connectivity index (χ3v) is 1.30. The summed E-state index contributed by atoms with van der Waals surface area (Å²) in [7, 11) is 0. The van der Waals surface area contributed by atoms with Gasteiger partial charge in [-0.05, 0) is 18.9 Å². The lowest BCUT2D eigenvalue weighted by atomic mass is 10.2. The number of esters is 1. The first-order valence-corrected chi connectivity index (χ1v) is 3.77. The Hall–Kier alpha value is -1.32. The van der Waals surface area contributed by atoms with Gasteiger partial charge in [-0.15, -0.1) is 0 Å². The second-order valence-corrected chi connectivity index (χ2v) is 2.38. The van der Waals surface area contributed by atoms with E-state index in [-0.39, 0.29) is 5.70 Å². The van der Waals surface area contributed by atoms with Crippen LogP contribution in [0.5, 0.6) is 0 Å².